The molecule has 0 aliphatic carbocycles. The number of hydrogen-bond acceptors (Lipinski definition) is 4. The van der Waals surface area contributed by atoms with Crippen molar-refractivity contribution < 1.29 is 18.4 Å². The largest absolute Gasteiger partial charge is 0.444 e. The first-order valence-electron chi connectivity index (χ1n) is 17.1. The van der Waals surface area contributed by atoms with E-state index in [0.717, 1.165) is 19.3 Å². The van der Waals surface area contributed by atoms with Crippen LogP contribution in [0, 0.1) is 0 Å². The van der Waals surface area contributed by atoms with Crippen molar-refractivity contribution in [3.8, 4) is 0 Å². The molecule has 1 amide bonds. The molecule has 0 N–H and O–H groups in total. The Kier molecular flexibility index (Phi) is 15.6. The molecule has 0 aromatic carbocycles. The minimum Gasteiger partial charge on any atom is -0.444 e. The summed E-state index contributed by atoms with van der Waals surface area (Å²) in [4.78, 5) is 15.9. The van der Waals surface area contributed by atoms with Crippen LogP contribution in [0.25, 0.3) is 0 Å². The first kappa shape index (κ1) is 39.4. The maximum atomic E-state index is 13.9. The van der Waals surface area contributed by atoms with Gasteiger partial charge < -0.3 is 13.6 Å². The Balaban J connectivity index is 3.21. The van der Waals surface area contributed by atoms with Gasteiger partial charge in [-0.2, -0.15) is 0 Å². The van der Waals surface area contributed by atoms with Crippen LogP contribution in [-0.4, -0.2) is 58.0 Å². The summed E-state index contributed by atoms with van der Waals surface area (Å²) in [6.07, 6.45) is 17.7. The second kappa shape index (κ2) is 16.6. The number of hydrogen-bond donors (Lipinski definition) is 0. The molecule has 0 unspecified atom stereocenters. The van der Waals surface area contributed by atoms with Crippen molar-refractivity contribution in [2.75, 3.05) is 6.61 Å². The number of ether oxygens (including phenoxy) is 1. The van der Waals surface area contributed by atoms with Gasteiger partial charge in [0.1, 0.15) is 5.60 Å². The summed E-state index contributed by atoms with van der Waals surface area (Å²) in [6, 6.07) is -0.198. The molecule has 1 aliphatic heterocycles. The predicted molar refractivity (Wildman–Crippen MR) is 186 cm³/mol. The number of unbranched alkanes of at least 4 members (excludes halogenated alkanes) is 8. The lowest BCUT2D eigenvalue weighted by Gasteiger charge is -2.50. The van der Waals surface area contributed by atoms with E-state index in [9.17, 15) is 4.79 Å². The Hall–Kier alpha value is -0.636. The van der Waals surface area contributed by atoms with Crippen molar-refractivity contribution in [2.24, 2.45) is 0 Å². The van der Waals surface area contributed by atoms with Crippen molar-refractivity contribution in [1.29, 1.82) is 0 Å². The maximum Gasteiger partial charge on any atom is 0.411 e. The van der Waals surface area contributed by atoms with Gasteiger partial charge in [-0.3, -0.25) is 4.90 Å². The zero-order valence-electron chi connectivity index (χ0n) is 30.5. The lowest BCUT2D eigenvalue weighted by molar-refractivity contribution is -0.0439. The molecule has 0 aromatic heterocycles. The Morgan fingerprint density at radius 1 is 0.786 bits per heavy atom. The van der Waals surface area contributed by atoms with Gasteiger partial charge in [0.2, 0.25) is 0 Å². The molecule has 7 heteroatoms. The molecule has 1 fully saturated rings. The molecule has 1 rings (SSSR count). The van der Waals surface area contributed by atoms with Crippen LogP contribution in [0.1, 0.15) is 140 Å². The molecule has 1 aliphatic rings. The molecule has 0 spiro atoms. The molecule has 1 heterocycles. The number of carbonyl (C=O) groups excluding carboxylic acids is 1. The van der Waals surface area contributed by atoms with Gasteiger partial charge in [0.15, 0.2) is 16.6 Å². The van der Waals surface area contributed by atoms with Gasteiger partial charge in [0.05, 0.1) is 24.8 Å². The number of rotatable bonds is 15. The summed E-state index contributed by atoms with van der Waals surface area (Å²) in [5, 5.41) is 0.171. The maximum absolute atomic E-state index is 13.9. The quantitative estimate of drug-likeness (QED) is 0.103. The number of likely N-dealkylation sites (tertiary alicyclic amines) is 1. The van der Waals surface area contributed by atoms with E-state index < -0.39 is 22.2 Å². The summed E-state index contributed by atoms with van der Waals surface area (Å²) in [6.45, 7) is 31.5. The van der Waals surface area contributed by atoms with E-state index in [1.807, 2.05) is 25.7 Å². The standard InChI is InChI=1S/C35H71NO4Si2/c1-15-16-17-18-19-20-21-22-23-24-25-29-26-27-31(40-42(13,14)35(8,9)10)30(28-38-41(11,12)34(5,6)7)36(29)32(37)39-33(2,3)4/h24-25,29-31H,15-23,26-28H2,1-14H3/b25-24+/t29-,30-,31+/m1/s1. The summed E-state index contributed by atoms with van der Waals surface area (Å²) in [7, 11) is -4.12. The van der Waals surface area contributed by atoms with Crippen LogP contribution in [0.3, 0.4) is 0 Å². The van der Waals surface area contributed by atoms with Gasteiger partial charge in [-0.05, 0) is 82.7 Å². The number of amides is 1. The first-order chi connectivity index (χ1) is 19.1. The van der Waals surface area contributed by atoms with Crippen molar-refractivity contribution in [3.63, 3.8) is 0 Å². The summed E-state index contributed by atoms with van der Waals surface area (Å²) >= 11 is 0. The van der Waals surface area contributed by atoms with E-state index in [0.29, 0.717) is 6.61 Å². The Bertz CT molecular complexity index is 820. The highest BCUT2D eigenvalue weighted by atomic mass is 28.4. The first-order valence-corrected chi connectivity index (χ1v) is 22.9. The van der Waals surface area contributed by atoms with E-state index >= 15 is 0 Å². The van der Waals surface area contributed by atoms with Gasteiger partial charge >= 0.3 is 6.09 Å². The average Bonchev–Trinajstić information content (AvgIpc) is 2.82. The fourth-order valence-corrected chi connectivity index (χ4v) is 7.31. The highest BCUT2D eigenvalue weighted by Crippen LogP contribution is 2.41. The fourth-order valence-electron chi connectivity index (χ4n) is 4.91. The molecular weight excluding hydrogens is 555 g/mol. The third kappa shape index (κ3) is 13.2. The lowest BCUT2D eigenvalue weighted by Crippen LogP contribution is -2.62. The van der Waals surface area contributed by atoms with Crippen LogP contribution in [-0.2, 0) is 13.6 Å². The SMILES string of the molecule is CCCCCCCCCC/C=C/[C@@H]1CC[C@H](O[Si](C)(C)C(C)(C)C)[C@@H](CO[Si](C)(C)C(C)(C)C)N1C(=O)OC(C)(C)C. The van der Waals surface area contributed by atoms with Crippen LogP contribution in [0.5, 0.6) is 0 Å². The Morgan fingerprint density at radius 2 is 1.31 bits per heavy atom. The predicted octanol–water partition coefficient (Wildman–Crippen LogP) is 11.3. The second-order valence-corrected chi connectivity index (χ2v) is 26.3. The topological polar surface area (TPSA) is 48.0 Å². The van der Waals surface area contributed by atoms with Crippen molar-refractivity contribution in [2.45, 2.75) is 200 Å². The average molecular weight is 626 g/mol. The summed E-state index contributed by atoms with van der Waals surface area (Å²) < 4.78 is 19.9. The zero-order valence-corrected chi connectivity index (χ0v) is 32.5. The molecular formula is C35H71NO4Si2. The van der Waals surface area contributed by atoms with E-state index in [1.54, 1.807) is 0 Å². The molecule has 248 valence electrons. The molecule has 5 nitrogen and oxygen atoms in total. The van der Waals surface area contributed by atoms with Gasteiger partial charge in [0, 0.05) is 0 Å². The molecule has 42 heavy (non-hydrogen) atoms. The van der Waals surface area contributed by atoms with Crippen molar-refractivity contribution >= 4 is 22.7 Å². The number of piperidine rings is 1. The fraction of sp³-hybridized carbons (Fsp3) is 0.914. The van der Waals surface area contributed by atoms with Gasteiger partial charge in [-0.15, -0.1) is 0 Å². The van der Waals surface area contributed by atoms with Gasteiger partial charge in [-0.1, -0.05) is 106 Å². The third-order valence-electron chi connectivity index (χ3n) is 9.75. The summed E-state index contributed by atoms with van der Waals surface area (Å²) in [5.74, 6) is 0. The van der Waals surface area contributed by atoms with Crippen LogP contribution < -0.4 is 0 Å². The highest BCUT2D eigenvalue weighted by Gasteiger charge is 2.48. The minimum atomic E-state index is -2.07. The summed E-state index contributed by atoms with van der Waals surface area (Å²) in [5.41, 5.74) is -0.569. The van der Waals surface area contributed by atoms with Crippen molar-refractivity contribution in [1.82, 2.24) is 4.90 Å². The molecule has 0 radical (unpaired) electrons. The Morgan fingerprint density at radius 3 is 1.81 bits per heavy atom. The van der Waals surface area contributed by atoms with Crippen LogP contribution >= 0.6 is 0 Å². The van der Waals surface area contributed by atoms with Crippen molar-refractivity contribution in [3.05, 3.63) is 12.2 Å². The van der Waals surface area contributed by atoms with E-state index in [2.05, 4.69) is 86.8 Å². The highest BCUT2D eigenvalue weighted by molar-refractivity contribution is 6.74. The minimum absolute atomic E-state index is 0.0128. The van der Waals surface area contributed by atoms with Gasteiger partial charge in [-0.25, -0.2) is 4.79 Å². The number of allylic oxidation sites excluding steroid dienone is 1. The van der Waals surface area contributed by atoms with E-state index in [1.165, 1.54) is 51.4 Å². The third-order valence-corrected chi connectivity index (χ3v) is 18.8. The van der Waals surface area contributed by atoms with Crippen LogP contribution in [0.4, 0.5) is 4.79 Å². The smallest absolute Gasteiger partial charge is 0.411 e. The van der Waals surface area contributed by atoms with E-state index in [4.69, 9.17) is 13.6 Å². The normalized spacial score (nSPS) is 21.3. The number of nitrogens with zero attached hydrogens (tertiary/aromatic N) is 1. The van der Waals surface area contributed by atoms with Crippen LogP contribution in [0.2, 0.25) is 36.3 Å². The monoisotopic (exact) mass is 625 g/mol. The zero-order chi connectivity index (χ0) is 32.4. The molecule has 0 saturated carbocycles. The molecule has 3 atom stereocenters. The van der Waals surface area contributed by atoms with Gasteiger partial charge in [0.25, 0.3) is 0 Å². The second-order valence-electron chi connectivity index (χ2n) is 16.8. The molecule has 0 aromatic rings. The Labute approximate surface area is 264 Å². The lowest BCUT2D eigenvalue weighted by atomic mass is 9.93. The van der Waals surface area contributed by atoms with Crippen LogP contribution in [0.15, 0.2) is 12.2 Å². The molecule has 0 bridgehead atoms. The number of carbonyl (C=O) groups is 1. The van der Waals surface area contributed by atoms with E-state index in [-0.39, 0.29) is 34.4 Å². The molecule has 1 saturated heterocycles.